The van der Waals surface area contributed by atoms with E-state index in [1.807, 2.05) is 0 Å². The van der Waals surface area contributed by atoms with E-state index in [0.717, 1.165) is 5.39 Å². The van der Waals surface area contributed by atoms with Crippen LogP contribution in [0.5, 0.6) is 0 Å². The highest BCUT2D eigenvalue weighted by atomic mass is 19.1. The molecule has 2 aromatic rings. The van der Waals surface area contributed by atoms with Crippen LogP contribution in [0.3, 0.4) is 0 Å². The van der Waals surface area contributed by atoms with Gasteiger partial charge in [-0.2, -0.15) is 0 Å². The molecule has 2 rings (SSSR count). The molecule has 2 aromatic carbocycles. The zero-order valence-corrected chi connectivity index (χ0v) is 7.14. The molecule has 0 unspecified atom stereocenters. The Balaban J connectivity index is 2.89. The molecule has 2 heteroatoms. The first-order valence-corrected chi connectivity index (χ1v) is 4.03. The minimum Gasteiger partial charge on any atom is -0.207 e. The molecule has 0 aliphatic rings. The summed E-state index contributed by atoms with van der Waals surface area (Å²) >= 11 is 0. The SMILES string of the molecule is Cc1c(F)ccc2ccc(F)cc12. The highest BCUT2D eigenvalue weighted by Crippen LogP contribution is 2.21. The molecule has 0 radical (unpaired) electrons. The second-order valence-electron chi connectivity index (χ2n) is 3.04. The number of halogens is 2. The van der Waals surface area contributed by atoms with Gasteiger partial charge in [-0.25, -0.2) is 8.78 Å². The topological polar surface area (TPSA) is 0 Å². The quantitative estimate of drug-likeness (QED) is 0.579. The monoisotopic (exact) mass is 178 g/mol. The molecule has 0 spiro atoms. The van der Waals surface area contributed by atoms with E-state index in [9.17, 15) is 8.78 Å². The van der Waals surface area contributed by atoms with Gasteiger partial charge in [-0.15, -0.1) is 0 Å². The van der Waals surface area contributed by atoms with Crippen LogP contribution in [0.1, 0.15) is 5.56 Å². The average Bonchev–Trinajstić information content (AvgIpc) is 2.12. The maximum atomic E-state index is 13.1. The van der Waals surface area contributed by atoms with Gasteiger partial charge in [0.15, 0.2) is 0 Å². The van der Waals surface area contributed by atoms with E-state index in [4.69, 9.17) is 0 Å². The summed E-state index contributed by atoms with van der Waals surface area (Å²) < 4.78 is 25.9. The summed E-state index contributed by atoms with van der Waals surface area (Å²) in [5.74, 6) is -0.626. The van der Waals surface area contributed by atoms with Crippen molar-refractivity contribution in [2.75, 3.05) is 0 Å². The Labute approximate surface area is 74.8 Å². The Kier molecular flexibility index (Phi) is 1.76. The largest absolute Gasteiger partial charge is 0.207 e. The Bertz CT molecular complexity index is 456. The highest BCUT2D eigenvalue weighted by molar-refractivity contribution is 5.85. The first-order valence-electron chi connectivity index (χ1n) is 4.03. The molecule has 0 aliphatic carbocycles. The molecule has 0 saturated carbocycles. The third-order valence-corrected chi connectivity index (χ3v) is 2.19. The minimum atomic E-state index is -0.332. The molecule has 0 heterocycles. The van der Waals surface area contributed by atoms with Gasteiger partial charge in [0.05, 0.1) is 0 Å². The van der Waals surface area contributed by atoms with Crippen molar-refractivity contribution in [2.24, 2.45) is 0 Å². The molecule has 0 fully saturated rings. The summed E-state index contributed by atoms with van der Waals surface area (Å²) in [4.78, 5) is 0. The summed E-state index contributed by atoms with van der Waals surface area (Å²) in [6.07, 6.45) is 0. The van der Waals surface area contributed by atoms with Crippen molar-refractivity contribution in [2.45, 2.75) is 6.92 Å². The third kappa shape index (κ3) is 1.28. The second kappa shape index (κ2) is 2.80. The van der Waals surface area contributed by atoms with Crippen LogP contribution in [0, 0.1) is 18.6 Å². The van der Waals surface area contributed by atoms with Crippen molar-refractivity contribution in [3.05, 3.63) is 47.5 Å². The van der Waals surface area contributed by atoms with Crippen LogP contribution >= 0.6 is 0 Å². The zero-order valence-electron chi connectivity index (χ0n) is 7.14. The number of hydrogen-bond acceptors (Lipinski definition) is 0. The van der Waals surface area contributed by atoms with Crippen LogP contribution in [-0.2, 0) is 0 Å². The van der Waals surface area contributed by atoms with Crippen LogP contribution in [0.15, 0.2) is 30.3 Å². The van der Waals surface area contributed by atoms with Gasteiger partial charge in [-0.3, -0.25) is 0 Å². The number of fused-ring (bicyclic) bond motifs is 1. The second-order valence-corrected chi connectivity index (χ2v) is 3.04. The van der Waals surface area contributed by atoms with Crippen LogP contribution in [0.2, 0.25) is 0 Å². The number of hydrogen-bond donors (Lipinski definition) is 0. The Hall–Kier alpha value is -1.44. The summed E-state index contributed by atoms with van der Waals surface area (Å²) in [5, 5.41) is 1.50. The summed E-state index contributed by atoms with van der Waals surface area (Å²) in [6, 6.07) is 7.43. The zero-order chi connectivity index (χ0) is 9.42. The molecule has 0 aliphatic heterocycles. The molecule has 0 bridgehead atoms. The molecule has 0 aromatic heterocycles. The summed E-state index contributed by atoms with van der Waals surface area (Å²) in [6.45, 7) is 1.65. The third-order valence-electron chi connectivity index (χ3n) is 2.19. The van der Waals surface area contributed by atoms with E-state index in [-0.39, 0.29) is 11.6 Å². The normalized spacial score (nSPS) is 10.7. The van der Waals surface area contributed by atoms with Gasteiger partial charge >= 0.3 is 0 Å². The van der Waals surface area contributed by atoms with Crippen LogP contribution in [-0.4, -0.2) is 0 Å². The average molecular weight is 178 g/mol. The van der Waals surface area contributed by atoms with Crippen LogP contribution in [0.4, 0.5) is 8.78 Å². The molecular formula is C11H8F2. The fourth-order valence-corrected chi connectivity index (χ4v) is 1.42. The lowest BCUT2D eigenvalue weighted by molar-refractivity contribution is 0.619. The van der Waals surface area contributed by atoms with Crippen molar-refractivity contribution >= 4 is 10.8 Å². The standard InChI is InChI=1S/C11H8F2/c1-7-10-6-9(12)4-2-8(10)3-5-11(7)13/h2-6H,1H3. The van der Waals surface area contributed by atoms with Gasteiger partial charge in [-0.05, 0) is 41.5 Å². The predicted molar refractivity (Wildman–Crippen MR) is 48.6 cm³/mol. The Morgan fingerprint density at radius 1 is 1.00 bits per heavy atom. The van der Waals surface area contributed by atoms with E-state index in [0.29, 0.717) is 10.9 Å². The van der Waals surface area contributed by atoms with Crippen molar-refractivity contribution < 1.29 is 8.78 Å². The van der Waals surface area contributed by atoms with Crippen LogP contribution in [0.25, 0.3) is 10.8 Å². The van der Waals surface area contributed by atoms with Crippen molar-refractivity contribution in [3.8, 4) is 0 Å². The number of benzene rings is 2. The molecule has 13 heavy (non-hydrogen) atoms. The van der Waals surface area contributed by atoms with Crippen LogP contribution < -0.4 is 0 Å². The number of aryl methyl sites for hydroxylation is 1. The fraction of sp³-hybridized carbons (Fsp3) is 0.0909. The van der Waals surface area contributed by atoms with Gasteiger partial charge in [0.1, 0.15) is 11.6 Å². The van der Waals surface area contributed by atoms with E-state index in [1.165, 1.54) is 18.2 Å². The van der Waals surface area contributed by atoms with Crippen molar-refractivity contribution in [3.63, 3.8) is 0 Å². The van der Waals surface area contributed by atoms with Crippen molar-refractivity contribution in [1.29, 1.82) is 0 Å². The molecule has 0 saturated heterocycles. The smallest absolute Gasteiger partial charge is 0.126 e. The van der Waals surface area contributed by atoms with E-state index >= 15 is 0 Å². The maximum absolute atomic E-state index is 13.1. The van der Waals surface area contributed by atoms with Gasteiger partial charge < -0.3 is 0 Å². The lowest BCUT2D eigenvalue weighted by Gasteiger charge is -2.02. The van der Waals surface area contributed by atoms with E-state index < -0.39 is 0 Å². The molecule has 0 amide bonds. The highest BCUT2D eigenvalue weighted by Gasteiger charge is 2.03. The molecule has 0 N–H and O–H groups in total. The van der Waals surface area contributed by atoms with Gasteiger partial charge in [-0.1, -0.05) is 12.1 Å². The van der Waals surface area contributed by atoms with E-state index in [1.54, 1.807) is 19.1 Å². The number of rotatable bonds is 0. The van der Waals surface area contributed by atoms with Gasteiger partial charge in [0.2, 0.25) is 0 Å². The first-order chi connectivity index (χ1) is 6.18. The lowest BCUT2D eigenvalue weighted by atomic mass is 10.1. The Morgan fingerprint density at radius 3 is 2.46 bits per heavy atom. The lowest BCUT2D eigenvalue weighted by Crippen LogP contribution is -1.85. The van der Waals surface area contributed by atoms with Gasteiger partial charge in [0.25, 0.3) is 0 Å². The minimum absolute atomic E-state index is 0.293. The first kappa shape index (κ1) is 8.17. The predicted octanol–water partition coefficient (Wildman–Crippen LogP) is 3.43. The fourth-order valence-electron chi connectivity index (χ4n) is 1.42. The molecule has 0 atom stereocenters. The van der Waals surface area contributed by atoms with E-state index in [2.05, 4.69) is 0 Å². The Morgan fingerprint density at radius 2 is 1.69 bits per heavy atom. The summed E-state index contributed by atoms with van der Waals surface area (Å²) in [5.41, 5.74) is 0.497. The van der Waals surface area contributed by atoms with Crippen molar-refractivity contribution in [1.82, 2.24) is 0 Å². The molecular weight excluding hydrogens is 170 g/mol. The molecule has 0 nitrogen and oxygen atoms in total. The van der Waals surface area contributed by atoms with Gasteiger partial charge in [0, 0.05) is 0 Å². The maximum Gasteiger partial charge on any atom is 0.126 e. The summed E-state index contributed by atoms with van der Waals surface area (Å²) in [7, 11) is 0. The molecule has 66 valence electrons.